The van der Waals surface area contributed by atoms with Crippen molar-refractivity contribution in [1.82, 2.24) is 10.2 Å². The Kier molecular flexibility index (Phi) is 5.07. The average Bonchev–Trinajstić information content (AvgIpc) is 2.42. The third-order valence-electron chi connectivity index (χ3n) is 3.57. The van der Waals surface area contributed by atoms with Crippen LogP contribution in [0.25, 0.3) is 0 Å². The summed E-state index contributed by atoms with van der Waals surface area (Å²) in [5.74, 6) is 1.75. The molecule has 1 aromatic carbocycles. The second kappa shape index (κ2) is 6.59. The number of halogens is 1. The highest BCUT2D eigenvalue weighted by atomic mass is 79.9. The van der Waals surface area contributed by atoms with Crippen LogP contribution in [0.15, 0.2) is 16.6 Å². The van der Waals surface area contributed by atoms with E-state index in [-0.39, 0.29) is 0 Å². The summed E-state index contributed by atoms with van der Waals surface area (Å²) in [7, 11) is 3.39. The fraction of sp³-hybridized carbons (Fsp3) is 0.571. The molecule has 0 amide bonds. The number of ether oxygens (including phenoxy) is 2. The summed E-state index contributed by atoms with van der Waals surface area (Å²) in [5, 5.41) is 3.41. The van der Waals surface area contributed by atoms with Gasteiger partial charge in [-0.25, -0.2) is 0 Å². The monoisotopic (exact) mass is 328 g/mol. The molecule has 2 rings (SSSR count). The van der Waals surface area contributed by atoms with E-state index in [9.17, 15) is 0 Å². The summed E-state index contributed by atoms with van der Waals surface area (Å²) < 4.78 is 11.8. The quantitative estimate of drug-likeness (QED) is 0.919. The molecule has 0 aromatic heterocycles. The van der Waals surface area contributed by atoms with E-state index in [2.05, 4.69) is 39.1 Å². The van der Waals surface area contributed by atoms with Crippen LogP contribution in [0.1, 0.15) is 12.5 Å². The third-order valence-corrected chi connectivity index (χ3v) is 4.19. The summed E-state index contributed by atoms with van der Waals surface area (Å²) in [6.07, 6.45) is 0. The lowest BCUT2D eigenvalue weighted by molar-refractivity contribution is 0.164. The first-order valence-corrected chi connectivity index (χ1v) is 7.30. The van der Waals surface area contributed by atoms with E-state index in [0.717, 1.165) is 47.7 Å². The molecule has 1 heterocycles. The van der Waals surface area contributed by atoms with Crippen LogP contribution >= 0.6 is 15.9 Å². The molecule has 1 fully saturated rings. The molecule has 106 valence electrons. The first-order valence-electron chi connectivity index (χ1n) is 6.51. The van der Waals surface area contributed by atoms with Gasteiger partial charge in [-0.05, 0) is 35.0 Å². The summed E-state index contributed by atoms with van der Waals surface area (Å²) in [5.41, 5.74) is 1.16. The van der Waals surface area contributed by atoms with Crippen molar-refractivity contribution < 1.29 is 9.47 Å². The number of nitrogens with one attached hydrogen (secondary N) is 1. The maximum absolute atomic E-state index is 5.47. The lowest BCUT2D eigenvalue weighted by Crippen LogP contribution is -2.49. The van der Waals surface area contributed by atoms with Gasteiger partial charge in [0.05, 0.1) is 18.7 Å². The maximum atomic E-state index is 5.47. The fourth-order valence-corrected chi connectivity index (χ4v) is 2.87. The molecule has 1 unspecified atom stereocenters. The van der Waals surface area contributed by atoms with Gasteiger partial charge >= 0.3 is 0 Å². The first-order chi connectivity index (χ1) is 9.15. The first kappa shape index (κ1) is 14.6. The van der Waals surface area contributed by atoms with E-state index < -0.39 is 0 Å². The van der Waals surface area contributed by atoms with Crippen LogP contribution in [-0.4, -0.2) is 44.8 Å². The molecule has 1 aliphatic rings. The standard InChI is InChI=1S/C14H21BrN2O2/c1-10-8-16-4-5-17(10)9-11-6-14(19-3)12(15)7-13(11)18-2/h6-7,10,16H,4-5,8-9H2,1-3H3. The highest BCUT2D eigenvalue weighted by molar-refractivity contribution is 9.10. The van der Waals surface area contributed by atoms with E-state index in [0.29, 0.717) is 6.04 Å². The predicted molar refractivity (Wildman–Crippen MR) is 80.0 cm³/mol. The van der Waals surface area contributed by atoms with Crippen LogP contribution in [-0.2, 0) is 6.54 Å². The molecule has 0 bridgehead atoms. The molecule has 0 aliphatic carbocycles. The second-order valence-corrected chi connectivity index (χ2v) is 5.68. The van der Waals surface area contributed by atoms with E-state index in [1.807, 2.05) is 6.07 Å². The topological polar surface area (TPSA) is 33.7 Å². The van der Waals surface area contributed by atoms with Gasteiger partial charge in [0.2, 0.25) is 0 Å². The summed E-state index contributed by atoms with van der Waals surface area (Å²) in [6.45, 7) is 6.27. The molecule has 1 atom stereocenters. The smallest absolute Gasteiger partial charge is 0.133 e. The zero-order chi connectivity index (χ0) is 13.8. The number of methoxy groups -OCH3 is 2. The second-order valence-electron chi connectivity index (χ2n) is 4.82. The summed E-state index contributed by atoms with van der Waals surface area (Å²) in [4.78, 5) is 2.46. The van der Waals surface area contributed by atoms with Gasteiger partial charge in [-0.3, -0.25) is 4.90 Å². The van der Waals surface area contributed by atoms with Crippen molar-refractivity contribution in [3.8, 4) is 11.5 Å². The molecule has 19 heavy (non-hydrogen) atoms. The molecule has 1 saturated heterocycles. The molecular weight excluding hydrogens is 308 g/mol. The average molecular weight is 329 g/mol. The minimum absolute atomic E-state index is 0.535. The van der Waals surface area contributed by atoms with E-state index in [1.54, 1.807) is 14.2 Å². The Labute approximate surface area is 123 Å². The molecule has 4 nitrogen and oxygen atoms in total. The van der Waals surface area contributed by atoms with Crippen LogP contribution in [0.3, 0.4) is 0 Å². The fourth-order valence-electron chi connectivity index (χ4n) is 2.38. The Balaban J connectivity index is 2.22. The Morgan fingerprint density at radius 3 is 2.68 bits per heavy atom. The van der Waals surface area contributed by atoms with Crippen molar-refractivity contribution in [3.63, 3.8) is 0 Å². The highest BCUT2D eigenvalue weighted by Gasteiger charge is 2.20. The molecule has 0 spiro atoms. The molecule has 1 N–H and O–H groups in total. The molecule has 1 aliphatic heterocycles. The molecule has 0 saturated carbocycles. The van der Waals surface area contributed by atoms with Gasteiger partial charge in [-0.15, -0.1) is 0 Å². The minimum atomic E-state index is 0.535. The van der Waals surface area contributed by atoms with Crippen molar-refractivity contribution in [2.45, 2.75) is 19.5 Å². The SMILES string of the molecule is COc1cc(CN2CCNCC2C)c(OC)cc1Br. The molecule has 1 aromatic rings. The van der Waals surface area contributed by atoms with Crippen molar-refractivity contribution in [2.24, 2.45) is 0 Å². The zero-order valence-corrected chi connectivity index (χ0v) is 13.3. The van der Waals surface area contributed by atoms with Gasteiger partial charge in [0.15, 0.2) is 0 Å². The van der Waals surface area contributed by atoms with Crippen molar-refractivity contribution in [2.75, 3.05) is 33.9 Å². The van der Waals surface area contributed by atoms with Crippen molar-refractivity contribution in [1.29, 1.82) is 0 Å². The van der Waals surface area contributed by atoms with Gasteiger partial charge in [-0.2, -0.15) is 0 Å². The lowest BCUT2D eigenvalue weighted by Gasteiger charge is -2.34. The highest BCUT2D eigenvalue weighted by Crippen LogP contribution is 2.33. The van der Waals surface area contributed by atoms with Crippen molar-refractivity contribution >= 4 is 15.9 Å². The maximum Gasteiger partial charge on any atom is 0.133 e. The lowest BCUT2D eigenvalue weighted by atomic mass is 10.1. The van der Waals surface area contributed by atoms with Crippen LogP contribution in [0.4, 0.5) is 0 Å². The van der Waals surface area contributed by atoms with E-state index in [4.69, 9.17) is 9.47 Å². The van der Waals surface area contributed by atoms with Crippen molar-refractivity contribution in [3.05, 3.63) is 22.2 Å². The van der Waals surface area contributed by atoms with Gasteiger partial charge in [0.25, 0.3) is 0 Å². The van der Waals surface area contributed by atoms with Crippen LogP contribution in [0, 0.1) is 0 Å². The zero-order valence-electron chi connectivity index (χ0n) is 11.7. The van der Waals surface area contributed by atoms with Crippen LogP contribution in [0.2, 0.25) is 0 Å². The Bertz CT molecular complexity index is 440. The van der Waals surface area contributed by atoms with Gasteiger partial charge in [0, 0.05) is 37.8 Å². The predicted octanol–water partition coefficient (Wildman–Crippen LogP) is 2.26. The summed E-state index contributed by atoms with van der Waals surface area (Å²) >= 11 is 3.49. The van der Waals surface area contributed by atoms with Gasteiger partial charge in [-0.1, -0.05) is 0 Å². The van der Waals surface area contributed by atoms with E-state index in [1.165, 1.54) is 0 Å². The normalized spacial score (nSPS) is 20.3. The number of hydrogen-bond acceptors (Lipinski definition) is 4. The molecule has 0 radical (unpaired) electrons. The molecule has 5 heteroatoms. The number of piperazine rings is 1. The Morgan fingerprint density at radius 1 is 1.32 bits per heavy atom. The number of nitrogens with zero attached hydrogens (tertiary/aromatic N) is 1. The van der Waals surface area contributed by atoms with Crippen LogP contribution < -0.4 is 14.8 Å². The van der Waals surface area contributed by atoms with E-state index >= 15 is 0 Å². The summed E-state index contributed by atoms with van der Waals surface area (Å²) in [6, 6.07) is 4.56. The number of benzene rings is 1. The minimum Gasteiger partial charge on any atom is -0.496 e. The number of hydrogen-bond donors (Lipinski definition) is 1. The van der Waals surface area contributed by atoms with Gasteiger partial charge < -0.3 is 14.8 Å². The van der Waals surface area contributed by atoms with Gasteiger partial charge in [0.1, 0.15) is 11.5 Å². The Morgan fingerprint density at radius 2 is 2.05 bits per heavy atom. The Hall–Kier alpha value is -0.780. The third kappa shape index (κ3) is 3.41. The number of rotatable bonds is 4. The van der Waals surface area contributed by atoms with Crippen LogP contribution in [0.5, 0.6) is 11.5 Å². The molecular formula is C14H21BrN2O2. The largest absolute Gasteiger partial charge is 0.496 e.